The molecule has 3 fully saturated rings. The van der Waals surface area contributed by atoms with E-state index in [1.54, 1.807) is 18.7 Å². The maximum atomic E-state index is 14.5. The van der Waals surface area contributed by atoms with Crippen LogP contribution in [0.15, 0.2) is 0 Å². The van der Waals surface area contributed by atoms with Crippen LogP contribution in [0, 0.1) is 17.8 Å². The van der Waals surface area contributed by atoms with Crippen molar-refractivity contribution in [3.63, 3.8) is 0 Å². The maximum Gasteiger partial charge on any atom is 0.410 e. The first-order valence-corrected chi connectivity index (χ1v) is 11.5. The van der Waals surface area contributed by atoms with Gasteiger partial charge in [-0.3, -0.25) is 14.6 Å². The van der Waals surface area contributed by atoms with E-state index in [1.807, 2.05) is 0 Å². The van der Waals surface area contributed by atoms with Crippen LogP contribution in [0.4, 0.5) is 13.6 Å². The number of halogens is 2. The van der Waals surface area contributed by atoms with Gasteiger partial charge < -0.3 is 14.2 Å². The third kappa shape index (κ3) is 5.50. The lowest BCUT2D eigenvalue weighted by molar-refractivity contribution is -0.162. The van der Waals surface area contributed by atoms with Crippen LogP contribution in [0.1, 0.15) is 46.0 Å². The highest BCUT2D eigenvalue weighted by Gasteiger charge is 2.49. The van der Waals surface area contributed by atoms with Gasteiger partial charge in [-0.05, 0) is 51.4 Å². The summed E-state index contributed by atoms with van der Waals surface area (Å²) in [6, 6.07) is -0.843. The number of ether oxygens (including phenoxy) is 3. The van der Waals surface area contributed by atoms with E-state index in [1.165, 1.54) is 12.0 Å². The number of hydrogen-bond acceptors (Lipinski definition) is 7. The second-order valence-electron chi connectivity index (χ2n) is 9.05. The smallest absolute Gasteiger partial charge is 0.410 e. The van der Waals surface area contributed by atoms with Gasteiger partial charge in [-0.15, -0.1) is 0 Å². The Morgan fingerprint density at radius 1 is 0.969 bits per heavy atom. The summed E-state index contributed by atoms with van der Waals surface area (Å²) in [5.41, 5.74) is 0. The van der Waals surface area contributed by atoms with Crippen molar-refractivity contribution in [2.45, 2.75) is 64.0 Å². The minimum absolute atomic E-state index is 0.0978. The molecule has 2 aliphatic heterocycles. The lowest BCUT2D eigenvalue weighted by atomic mass is 9.70. The molecule has 0 aromatic heterocycles. The number of carbonyl (C=O) groups is 3. The van der Waals surface area contributed by atoms with Gasteiger partial charge in [0, 0.05) is 25.6 Å². The van der Waals surface area contributed by atoms with Crippen molar-refractivity contribution >= 4 is 18.0 Å². The molecule has 3 aliphatic rings. The van der Waals surface area contributed by atoms with Crippen LogP contribution in [0.25, 0.3) is 0 Å². The van der Waals surface area contributed by atoms with Gasteiger partial charge in [-0.2, -0.15) is 0 Å². The molecule has 2 unspecified atom stereocenters. The first-order chi connectivity index (χ1) is 15.2. The molecule has 2 heterocycles. The van der Waals surface area contributed by atoms with Gasteiger partial charge in [0.15, 0.2) is 0 Å². The fourth-order valence-corrected chi connectivity index (χ4v) is 5.57. The molecule has 0 spiro atoms. The molecule has 5 atom stereocenters. The average molecular weight is 461 g/mol. The Balaban J connectivity index is 1.71. The van der Waals surface area contributed by atoms with Crippen molar-refractivity contribution in [1.29, 1.82) is 0 Å². The second-order valence-corrected chi connectivity index (χ2v) is 9.05. The fraction of sp³-hybridized carbons (Fsp3) is 0.864. The highest BCUT2D eigenvalue weighted by molar-refractivity contribution is 5.81. The molecule has 182 valence electrons. The van der Waals surface area contributed by atoms with Crippen molar-refractivity contribution < 1.29 is 37.4 Å². The molecule has 1 saturated carbocycles. The fourth-order valence-electron chi connectivity index (χ4n) is 5.57. The number of esters is 2. The number of nitrogens with zero attached hydrogens (tertiary/aromatic N) is 2. The third-order valence-electron chi connectivity index (χ3n) is 6.98. The molecule has 0 radical (unpaired) electrons. The molecular weight excluding hydrogens is 426 g/mol. The number of fused-ring (bicyclic) bond motifs is 1. The third-order valence-corrected chi connectivity index (χ3v) is 6.98. The average Bonchev–Trinajstić information content (AvgIpc) is 2.76. The summed E-state index contributed by atoms with van der Waals surface area (Å²) >= 11 is 0. The molecule has 0 aromatic rings. The van der Waals surface area contributed by atoms with E-state index in [-0.39, 0.29) is 44.2 Å². The largest absolute Gasteiger partial charge is 0.466 e. The van der Waals surface area contributed by atoms with Gasteiger partial charge in [-0.25, -0.2) is 18.4 Å². The zero-order valence-corrected chi connectivity index (χ0v) is 19.1. The Hall–Kier alpha value is -1.97. The van der Waals surface area contributed by atoms with Crippen LogP contribution in [0.2, 0.25) is 0 Å². The van der Waals surface area contributed by atoms with Crippen LogP contribution >= 0.6 is 0 Å². The van der Waals surface area contributed by atoms with E-state index < -0.39 is 42.3 Å². The summed E-state index contributed by atoms with van der Waals surface area (Å²) in [6.07, 6.45) is 1.47. The number of hydrogen-bond donors (Lipinski definition) is 0. The quantitative estimate of drug-likeness (QED) is 0.461. The minimum atomic E-state index is -2.95. The highest BCUT2D eigenvalue weighted by Crippen LogP contribution is 2.42. The molecular formula is C22H34F2N2O6. The molecule has 32 heavy (non-hydrogen) atoms. The first kappa shape index (κ1) is 24.7. The van der Waals surface area contributed by atoms with Crippen molar-refractivity contribution in [3.05, 3.63) is 0 Å². The van der Waals surface area contributed by atoms with Crippen LogP contribution < -0.4 is 0 Å². The number of piperidine rings is 2. The number of amides is 1. The summed E-state index contributed by atoms with van der Waals surface area (Å²) < 4.78 is 44.0. The van der Waals surface area contributed by atoms with Crippen LogP contribution in [-0.2, 0) is 23.8 Å². The topological polar surface area (TPSA) is 85.4 Å². The minimum Gasteiger partial charge on any atom is -0.466 e. The molecule has 3 rings (SSSR count). The Kier molecular flexibility index (Phi) is 7.95. The summed E-state index contributed by atoms with van der Waals surface area (Å²) in [6.45, 7) is 4.01. The zero-order valence-electron chi connectivity index (χ0n) is 19.1. The van der Waals surface area contributed by atoms with Gasteiger partial charge >= 0.3 is 18.0 Å². The monoisotopic (exact) mass is 460 g/mol. The van der Waals surface area contributed by atoms with Gasteiger partial charge in [0.25, 0.3) is 5.92 Å². The summed E-state index contributed by atoms with van der Waals surface area (Å²) in [5, 5.41) is 0. The van der Waals surface area contributed by atoms with E-state index in [4.69, 9.17) is 14.2 Å². The Labute approximate surface area is 187 Å². The summed E-state index contributed by atoms with van der Waals surface area (Å²) in [5.74, 6) is -4.56. The summed E-state index contributed by atoms with van der Waals surface area (Å²) in [4.78, 5) is 40.1. The molecule has 8 nitrogen and oxygen atoms in total. The lowest BCUT2D eigenvalue weighted by Gasteiger charge is -2.49. The van der Waals surface area contributed by atoms with E-state index in [0.717, 1.165) is 6.42 Å². The SMILES string of the molecule is CCOC(=O)C1CC2C[C@@H](N3C[C@H](C(=O)OCC)CC(F)(F)C3)CC[C@H]2CN1C(=O)OC. The second kappa shape index (κ2) is 10.3. The van der Waals surface area contributed by atoms with Crippen molar-refractivity contribution in [3.8, 4) is 0 Å². The summed E-state index contributed by atoms with van der Waals surface area (Å²) in [7, 11) is 1.28. The van der Waals surface area contributed by atoms with Gasteiger partial charge in [-0.1, -0.05) is 0 Å². The van der Waals surface area contributed by atoms with E-state index in [9.17, 15) is 23.2 Å². The van der Waals surface area contributed by atoms with Crippen LogP contribution in [0.3, 0.4) is 0 Å². The van der Waals surface area contributed by atoms with E-state index in [2.05, 4.69) is 0 Å². The lowest BCUT2D eigenvalue weighted by Crippen LogP contribution is -2.58. The van der Waals surface area contributed by atoms with E-state index >= 15 is 0 Å². The van der Waals surface area contributed by atoms with Crippen molar-refractivity contribution in [2.75, 3.05) is 40.0 Å². The predicted molar refractivity (Wildman–Crippen MR) is 110 cm³/mol. The Morgan fingerprint density at radius 3 is 2.31 bits per heavy atom. The number of likely N-dealkylation sites (tertiary alicyclic amines) is 2. The van der Waals surface area contributed by atoms with Gasteiger partial charge in [0.1, 0.15) is 6.04 Å². The van der Waals surface area contributed by atoms with E-state index in [0.29, 0.717) is 25.8 Å². The Morgan fingerprint density at radius 2 is 1.66 bits per heavy atom. The normalized spacial score (nSPS) is 32.5. The number of rotatable bonds is 5. The molecule has 0 N–H and O–H groups in total. The number of methoxy groups -OCH3 is 1. The molecule has 0 aromatic carbocycles. The van der Waals surface area contributed by atoms with Crippen molar-refractivity contribution in [1.82, 2.24) is 9.80 Å². The first-order valence-electron chi connectivity index (χ1n) is 11.5. The highest BCUT2D eigenvalue weighted by atomic mass is 19.3. The standard InChI is InChI=1S/C22H34F2N2O6/c1-4-31-19(27)16-10-22(23,24)13-25(11-16)17-7-6-14-12-26(21(29)30-3)18(9-15(14)8-17)20(28)32-5-2/h14-18H,4-13H2,1-3H3/t14-,15?,16+,17-,18?/m0/s1. The Bertz CT molecular complexity index is 706. The van der Waals surface area contributed by atoms with Crippen LogP contribution in [-0.4, -0.2) is 85.8 Å². The molecule has 10 heteroatoms. The number of alkyl halides is 2. The number of carbonyl (C=O) groups excluding carboxylic acids is 3. The van der Waals surface area contributed by atoms with Gasteiger partial charge in [0.05, 0.1) is 32.8 Å². The van der Waals surface area contributed by atoms with Crippen LogP contribution in [0.5, 0.6) is 0 Å². The van der Waals surface area contributed by atoms with Crippen molar-refractivity contribution in [2.24, 2.45) is 17.8 Å². The predicted octanol–water partition coefficient (Wildman–Crippen LogP) is 2.70. The molecule has 0 bridgehead atoms. The molecule has 1 amide bonds. The maximum absolute atomic E-state index is 14.5. The zero-order chi connectivity index (χ0) is 23.5. The molecule has 1 aliphatic carbocycles. The molecule has 2 saturated heterocycles. The van der Waals surface area contributed by atoms with Gasteiger partial charge in [0.2, 0.25) is 0 Å².